The maximum absolute atomic E-state index is 12.8. The van der Waals surface area contributed by atoms with E-state index in [1.165, 1.54) is 0 Å². The van der Waals surface area contributed by atoms with Gasteiger partial charge in [0.05, 0.1) is 30.0 Å². The molecule has 0 atom stereocenters. The molecule has 0 aromatic heterocycles. The summed E-state index contributed by atoms with van der Waals surface area (Å²) in [5.74, 6) is 1.11. The van der Waals surface area contributed by atoms with Crippen LogP contribution in [0.15, 0.2) is 47.5 Å². The van der Waals surface area contributed by atoms with Crippen molar-refractivity contribution in [3.8, 4) is 11.8 Å². The molecule has 2 aromatic carbocycles. The molecule has 0 radical (unpaired) electrons. The number of aliphatic imine (C=N–C) groups is 1. The zero-order valence-electron chi connectivity index (χ0n) is 16.0. The minimum atomic E-state index is -0.509. The molecule has 1 saturated heterocycles. The van der Waals surface area contributed by atoms with E-state index in [1.807, 2.05) is 23.1 Å². The number of nitrogens with two attached hydrogens (primary N) is 1. The van der Waals surface area contributed by atoms with Gasteiger partial charge in [-0.1, -0.05) is 6.07 Å². The third kappa shape index (κ3) is 3.71. The summed E-state index contributed by atoms with van der Waals surface area (Å²) in [5.41, 5.74) is 8.57. The Balaban J connectivity index is 0.00000240. The van der Waals surface area contributed by atoms with Gasteiger partial charge in [-0.15, -0.1) is 12.4 Å². The Hall–Kier alpha value is -3.24. The standard InChI is InChI=1S/C21H21N5O2.ClH/c1-28-17-4-2-3-16-18(17)19(23)25-21(24-16)9-11-26(12-10-21)20(27)15-7-5-14(13-22)6-8-15;/h2-8,24H,9-12H2,1H3,(H2,23,25);1H. The summed E-state index contributed by atoms with van der Waals surface area (Å²) >= 11 is 0. The number of amidine groups is 1. The number of anilines is 1. The van der Waals surface area contributed by atoms with E-state index >= 15 is 0 Å². The summed E-state index contributed by atoms with van der Waals surface area (Å²) in [7, 11) is 1.61. The van der Waals surface area contributed by atoms with Crippen molar-refractivity contribution in [3.63, 3.8) is 0 Å². The molecular formula is C21H22ClN5O2. The van der Waals surface area contributed by atoms with Crippen LogP contribution < -0.4 is 15.8 Å². The first kappa shape index (κ1) is 20.5. The molecule has 2 aliphatic heterocycles. The number of rotatable bonds is 2. The Morgan fingerprint density at radius 2 is 1.93 bits per heavy atom. The van der Waals surface area contributed by atoms with Crippen LogP contribution in [0.3, 0.4) is 0 Å². The predicted molar refractivity (Wildman–Crippen MR) is 114 cm³/mol. The summed E-state index contributed by atoms with van der Waals surface area (Å²) in [6.07, 6.45) is 1.32. The Morgan fingerprint density at radius 1 is 1.24 bits per heavy atom. The average Bonchev–Trinajstić information content (AvgIpc) is 2.73. The highest BCUT2D eigenvalue weighted by Crippen LogP contribution is 2.37. The zero-order chi connectivity index (χ0) is 19.7. The quantitative estimate of drug-likeness (QED) is 0.790. The highest BCUT2D eigenvalue weighted by Gasteiger charge is 2.39. The second kappa shape index (κ2) is 8.02. The van der Waals surface area contributed by atoms with E-state index in [9.17, 15) is 4.79 Å². The Labute approximate surface area is 175 Å². The fourth-order valence-corrected chi connectivity index (χ4v) is 3.82. The van der Waals surface area contributed by atoms with Gasteiger partial charge in [0.1, 0.15) is 17.2 Å². The molecule has 7 nitrogen and oxygen atoms in total. The Morgan fingerprint density at radius 3 is 2.55 bits per heavy atom. The lowest BCUT2D eigenvalue weighted by Crippen LogP contribution is -2.52. The Kier molecular flexibility index (Phi) is 5.66. The first-order valence-electron chi connectivity index (χ1n) is 9.15. The number of methoxy groups -OCH3 is 1. The molecule has 0 aliphatic carbocycles. The number of hydrogen-bond donors (Lipinski definition) is 2. The molecule has 150 valence electrons. The Bertz CT molecular complexity index is 989. The molecule has 8 heteroatoms. The summed E-state index contributed by atoms with van der Waals surface area (Å²) in [6.45, 7) is 1.14. The van der Waals surface area contributed by atoms with E-state index in [0.29, 0.717) is 48.6 Å². The monoisotopic (exact) mass is 411 g/mol. The van der Waals surface area contributed by atoms with Gasteiger partial charge >= 0.3 is 0 Å². The maximum atomic E-state index is 12.8. The van der Waals surface area contributed by atoms with Crippen LogP contribution in [0.4, 0.5) is 5.69 Å². The fourth-order valence-electron chi connectivity index (χ4n) is 3.82. The lowest BCUT2D eigenvalue weighted by atomic mass is 9.93. The van der Waals surface area contributed by atoms with Crippen molar-refractivity contribution >= 4 is 29.8 Å². The molecule has 2 heterocycles. The first-order chi connectivity index (χ1) is 13.5. The van der Waals surface area contributed by atoms with E-state index < -0.39 is 5.66 Å². The van der Waals surface area contributed by atoms with E-state index in [-0.39, 0.29) is 18.3 Å². The van der Waals surface area contributed by atoms with Crippen LogP contribution >= 0.6 is 12.4 Å². The number of ether oxygens (including phenoxy) is 1. The lowest BCUT2D eigenvalue weighted by Gasteiger charge is -2.42. The van der Waals surface area contributed by atoms with Crippen LogP contribution in [0, 0.1) is 11.3 Å². The minimum Gasteiger partial charge on any atom is -0.496 e. The van der Waals surface area contributed by atoms with E-state index in [2.05, 4.69) is 11.4 Å². The number of benzene rings is 2. The smallest absolute Gasteiger partial charge is 0.253 e. The number of fused-ring (bicyclic) bond motifs is 1. The number of nitrogens with zero attached hydrogens (tertiary/aromatic N) is 3. The van der Waals surface area contributed by atoms with Crippen LogP contribution in [-0.4, -0.2) is 42.5 Å². The lowest BCUT2D eigenvalue weighted by molar-refractivity contribution is 0.0685. The second-order valence-corrected chi connectivity index (χ2v) is 7.02. The molecule has 1 spiro atoms. The van der Waals surface area contributed by atoms with Crippen molar-refractivity contribution in [2.75, 3.05) is 25.5 Å². The molecule has 3 N–H and O–H groups in total. The molecule has 0 saturated carbocycles. The highest BCUT2D eigenvalue weighted by molar-refractivity contribution is 6.06. The second-order valence-electron chi connectivity index (χ2n) is 7.02. The van der Waals surface area contributed by atoms with Crippen molar-refractivity contribution in [1.82, 2.24) is 4.90 Å². The number of nitrogens with one attached hydrogen (secondary N) is 1. The normalized spacial score (nSPS) is 16.6. The number of nitriles is 1. The molecule has 0 bridgehead atoms. The third-order valence-corrected chi connectivity index (χ3v) is 5.34. The van der Waals surface area contributed by atoms with E-state index in [0.717, 1.165) is 11.3 Å². The van der Waals surface area contributed by atoms with Gasteiger partial charge in [-0.05, 0) is 36.4 Å². The summed E-state index contributed by atoms with van der Waals surface area (Å²) < 4.78 is 5.40. The molecule has 0 unspecified atom stereocenters. The van der Waals surface area contributed by atoms with Crippen LogP contribution in [0.5, 0.6) is 5.75 Å². The fraction of sp³-hybridized carbons (Fsp3) is 0.286. The zero-order valence-corrected chi connectivity index (χ0v) is 16.8. The molecule has 2 aliphatic rings. The van der Waals surface area contributed by atoms with Crippen molar-refractivity contribution in [3.05, 3.63) is 59.2 Å². The van der Waals surface area contributed by atoms with Crippen molar-refractivity contribution in [2.24, 2.45) is 10.7 Å². The van der Waals surface area contributed by atoms with E-state index in [4.69, 9.17) is 20.7 Å². The number of carbonyl (C=O) groups is 1. The maximum Gasteiger partial charge on any atom is 0.253 e. The SMILES string of the molecule is COc1cccc2c1C(N)=NC1(CCN(C(=O)c3ccc(C#N)cc3)CC1)N2.Cl. The first-order valence-corrected chi connectivity index (χ1v) is 9.15. The molecule has 1 fully saturated rings. The van der Waals surface area contributed by atoms with Gasteiger partial charge in [-0.3, -0.25) is 4.79 Å². The van der Waals surface area contributed by atoms with Crippen molar-refractivity contribution < 1.29 is 9.53 Å². The average molecular weight is 412 g/mol. The number of hydrogen-bond acceptors (Lipinski definition) is 6. The molecular weight excluding hydrogens is 390 g/mol. The van der Waals surface area contributed by atoms with Gasteiger partial charge < -0.3 is 20.7 Å². The number of amides is 1. The summed E-state index contributed by atoms with van der Waals surface area (Å²) in [4.78, 5) is 19.3. The molecule has 1 amide bonds. The minimum absolute atomic E-state index is 0. The third-order valence-electron chi connectivity index (χ3n) is 5.34. The predicted octanol–water partition coefficient (Wildman–Crippen LogP) is 2.75. The number of likely N-dealkylation sites (tertiary alicyclic amines) is 1. The molecule has 2 aromatic rings. The summed E-state index contributed by atoms with van der Waals surface area (Å²) in [5, 5.41) is 12.4. The highest BCUT2D eigenvalue weighted by atomic mass is 35.5. The number of halogens is 1. The van der Waals surface area contributed by atoms with Crippen LogP contribution in [0.2, 0.25) is 0 Å². The molecule has 29 heavy (non-hydrogen) atoms. The van der Waals surface area contributed by atoms with Gasteiger partial charge in [0, 0.05) is 31.5 Å². The topological polar surface area (TPSA) is 104 Å². The van der Waals surface area contributed by atoms with Gasteiger partial charge in [-0.2, -0.15) is 5.26 Å². The molecule has 4 rings (SSSR count). The van der Waals surface area contributed by atoms with Gasteiger partial charge in [0.15, 0.2) is 0 Å². The van der Waals surface area contributed by atoms with Crippen LogP contribution in [-0.2, 0) is 0 Å². The van der Waals surface area contributed by atoms with E-state index in [1.54, 1.807) is 31.4 Å². The number of piperidine rings is 1. The van der Waals surface area contributed by atoms with Crippen molar-refractivity contribution in [1.29, 1.82) is 5.26 Å². The van der Waals surface area contributed by atoms with Crippen molar-refractivity contribution in [2.45, 2.75) is 18.5 Å². The van der Waals surface area contributed by atoms with Gasteiger partial charge in [-0.25, -0.2) is 4.99 Å². The number of carbonyl (C=O) groups excluding carboxylic acids is 1. The van der Waals surface area contributed by atoms with Crippen LogP contribution in [0.1, 0.15) is 34.3 Å². The summed E-state index contributed by atoms with van der Waals surface area (Å²) in [6, 6.07) is 14.5. The van der Waals surface area contributed by atoms with Crippen LogP contribution in [0.25, 0.3) is 0 Å². The van der Waals surface area contributed by atoms with Gasteiger partial charge in [0.25, 0.3) is 5.91 Å². The van der Waals surface area contributed by atoms with Gasteiger partial charge in [0.2, 0.25) is 0 Å². The largest absolute Gasteiger partial charge is 0.496 e.